The highest BCUT2D eigenvalue weighted by Crippen LogP contribution is 2.40. The van der Waals surface area contributed by atoms with Crippen LogP contribution in [0.2, 0.25) is 0 Å². The van der Waals surface area contributed by atoms with Gasteiger partial charge in [0.05, 0.1) is 17.7 Å². The van der Waals surface area contributed by atoms with Crippen molar-refractivity contribution in [2.75, 3.05) is 17.7 Å². The summed E-state index contributed by atoms with van der Waals surface area (Å²) < 4.78 is 15.4. The Labute approximate surface area is 169 Å². The maximum Gasteiger partial charge on any atom is 0.229 e. The van der Waals surface area contributed by atoms with Gasteiger partial charge in [0.1, 0.15) is 11.6 Å². The Morgan fingerprint density at radius 2 is 2.07 bits per heavy atom. The molecule has 3 aromatic rings. The van der Waals surface area contributed by atoms with E-state index in [0.29, 0.717) is 5.95 Å². The summed E-state index contributed by atoms with van der Waals surface area (Å²) >= 11 is 0. The largest absolute Gasteiger partial charge is 0.373 e. The number of rotatable bonds is 7. The molecule has 1 aliphatic rings. The van der Waals surface area contributed by atoms with E-state index in [2.05, 4.69) is 27.2 Å². The Balaban J connectivity index is 1.53. The molecule has 1 aliphatic carbocycles. The number of aryl methyl sites for hydroxylation is 2. The highest BCUT2D eigenvalue weighted by atomic mass is 19.1. The van der Waals surface area contributed by atoms with E-state index in [9.17, 15) is 4.39 Å². The molecule has 1 atom stereocenters. The Morgan fingerprint density at radius 1 is 1.28 bits per heavy atom. The lowest BCUT2D eigenvalue weighted by molar-refractivity contribution is 0.625. The molecule has 0 bridgehead atoms. The fourth-order valence-electron chi connectivity index (χ4n) is 3.82. The summed E-state index contributed by atoms with van der Waals surface area (Å²) in [6, 6.07) is 6.70. The first-order valence-corrected chi connectivity index (χ1v) is 9.80. The Hall–Kier alpha value is -3.22. The third kappa shape index (κ3) is 4.13. The van der Waals surface area contributed by atoms with Crippen molar-refractivity contribution in [1.29, 1.82) is 0 Å². The number of allylic oxidation sites excluding steroid dienone is 1. The highest BCUT2D eigenvalue weighted by Gasteiger charge is 2.29. The summed E-state index contributed by atoms with van der Waals surface area (Å²) in [5.41, 5.74) is 5.04. The van der Waals surface area contributed by atoms with Gasteiger partial charge >= 0.3 is 0 Å². The molecular formula is C22H25FN6. The van der Waals surface area contributed by atoms with Crippen molar-refractivity contribution >= 4 is 11.8 Å². The zero-order valence-corrected chi connectivity index (χ0v) is 16.7. The minimum atomic E-state index is -0.225. The molecular weight excluding hydrogens is 367 g/mol. The summed E-state index contributed by atoms with van der Waals surface area (Å²) in [5, 5.41) is 6.44. The van der Waals surface area contributed by atoms with Gasteiger partial charge in [-0.05, 0) is 37.5 Å². The fourth-order valence-corrected chi connectivity index (χ4v) is 3.82. The van der Waals surface area contributed by atoms with Crippen LogP contribution in [0.5, 0.6) is 0 Å². The van der Waals surface area contributed by atoms with Gasteiger partial charge in [-0.25, -0.2) is 14.4 Å². The molecule has 2 N–H and O–H groups in total. The smallest absolute Gasteiger partial charge is 0.229 e. The number of hydrogen-bond donors (Lipinski definition) is 2. The van der Waals surface area contributed by atoms with Crippen molar-refractivity contribution < 1.29 is 4.39 Å². The molecule has 0 saturated heterocycles. The van der Waals surface area contributed by atoms with Crippen molar-refractivity contribution in [2.45, 2.75) is 38.6 Å². The molecule has 29 heavy (non-hydrogen) atoms. The fraction of sp³-hybridized carbons (Fsp3) is 0.318. The number of fused-ring (bicyclic) bond motifs is 1. The van der Waals surface area contributed by atoms with Gasteiger partial charge in [0, 0.05) is 43.4 Å². The number of halogens is 1. The summed E-state index contributed by atoms with van der Waals surface area (Å²) in [6.45, 7) is 6.88. The summed E-state index contributed by atoms with van der Waals surface area (Å²) in [4.78, 5) is 13.7. The van der Waals surface area contributed by atoms with E-state index in [0.717, 1.165) is 59.8 Å². The molecule has 1 aromatic carbocycles. The van der Waals surface area contributed by atoms with Crippen LogP contribution in [0.4, 0.5) is 16.2 Å². The van der Waals surface area contributed by atoms with Crippen LogP contribution in [0.25, 0.3) is 0 Å². The number of nitrogens with zero attached hydrogens (tertiary/aromatic N) is 4. The summed E-state index contributed by atoms with van der Waals surface area (Å²) in [6.07, 6.45) is 6.41. The quantitative estimate of drug-likeness (QED) is 0.629. The van der Waals surface area contributed by atoms with Crippen LogP contribution in [0.15, 0.2) is 49.1 Å². The molecule has 2 heterocycles. The van der Waals surface area contributed by atoms with E-state index < -0.39 is 0 Å². The van der Waals surface area contributed by atoms with Crippen LogP contribution in [0, 0.1) is 12.7 Å². The van der Waals surface area contributed by atoms with Gasteiger partial charge in [-0.15, -0.1) is 0 Å². The van der Waals surface area contributed by atoms with Crippen molar-refractivity contribution in [2.24, 2.45) is 0 Å². The maximum atomic E-state index is 13.3. The van der Waals surface area contributed by atoms with Gasteiger partial charge in [-0.3, -0.25) is 0 Å². The number of anilines is 2. The van der Waals surface area contributed by atoms with Gasteiger partial charge in [0.25, 0.3) is 0 Å². The normalized spacial score (nSPS) is 15.2. The minimum absolute atomic E-state index is 0.142. The number of nitrogens with one attached hydrogen (secondary N) is 2. The van der Waals surface area contributed by atoms with E-state index in [1.165, 1.54) is 12.1 Å². The van der Waals surface area contributed by atoms with Gasteiger partial charge < -0.3 is 15.2 Å². The SMILES string of the molecule is C=C(CCn1cnc(C)c1)Nc1nc(NC)c2c(n1)[C@@H](c1ccc(F)cc1)CC2. The molecule has 150 valence electrons. The Morgan fingerprint density at radius 3 is 2.76 bits per heavy atom. The van der Waals surface area contributed by atoms with Gasteiger partial charge in [-0.2, -0.15) is 4.98 Å². The monoisotopic (exact) mass is 392 g/mol. The third-order valence-electron chi connectivity index (χ3n) is 5.28. The Bertz CT molecular complexity index is 1020. The lowest BCUT2D eigenvalue weighted by Crippen LogP contribution is -2.10. The molecule has 2 aromatic heterocycles. The Kier molecular flexibility index (Phi) is 5.29. The lowest BCUT2D eigenvalue weighted by atomic mass is 9.97. The van der Waals surface area contributed by atoms with E-state index >= 15 is 0 Å². The van der Waals surface area contributed by atoms with Crippen LogP contribution in [-0.4, -0.2) is 26.6 Å². The van der Waals surface area contributed by atoms with Crippen molar-refractivity contribution in [3.63, 3.8) is 0 Å². The second-order valence-electron chi connectivity index (χ2n) is 7.38. The minimum Gasteiger partial charge on any atom is -0.373 e. The van der Waals surface area contributed by atoms with Crippen LogP contribution < -0.4 is 10.6 Å². The van der Waals surface area contributed by atoms with Crippen molar-refractivity contribution in [3.8, 4) is 0 Å². The first-order valence-electron chi connectivity index (χ1n) is 9.80. The van der Waals surface area contributed by atoms with Crippen LogP contribution in [0.3, 0.4) is 0 Å². The second-order valence-corrected chi connectivity index (χ2v) is 7.38. The van der Waals surface area contributed by atoms with Crippen LogP contribution in [0.1, 0.15) is 41.3 Å². The van der Waals surface area contributed by atoms with Gasteiger partial charge in [-0.1, -0.05) is 18.7 Å². The zero-order valence-electron chi connectivity index (χ0n) is 16.7. The maximum absolute atomic E-state index is 13.3. The summed E-state index contributed by atoms with van der Waals surface area (Å²) in [7, 11) is 1.87. The number of imidazole rings is 1. The first-order chi connectivity index (χ1) is 14.0. The first kappa shape index (κ1) is 19.1. The highest BCUT2D eigenvalue weighted by molar-refractivity contribution is 5.56. The molecule has 4 rings (SSSR count). The number of hydrogen-bond acceptors (Lipinski definition) is 5. The molecule has 0 aliphatic heterocycles. The zero-order chi connectivity index (χ0) is 20.4. The topological polar surface area (TPSA) is 67.7 Å². The van der Waals surface area contributed by atoms with E-state index in [-0.39, 0.29) is 11.7 Å². The molecule has 0 fully saturated rings. The molecule has 0 unspecified atom stereocenters. The molecule has 6 nitrogen and oxygen atoms in total. The average molecular weight is 392 g/mol. The van der Waals surface area contributed by atoms with E-state index in [4.69, 9.17) is 4.98 Å². The predicted octanol–water partition coefficient (Wildman–Crippen LogP) is 4.26. The van der Waals surface area contributed by atoms with Crippen molar-refractivity contribution in [1.82, 2.24) is 19.5 Å². The number of aromatic nitrogens is 4. The third-order valence-corrected chi connectivity index (χ3v) is 5.28. The summed E-state index contributed by atoms with van der Waals surface area (Å²) in [5.74, 6) is 1.29. The van der Waals surface area contributed by atoms with Crippen LogP contribution >= 0.6 is 0 Å². The second kappa shape index (κ2) is 8.03. The molecule has 0 saturated carbocycles. The average Bonchev–Trinajstić information content (AvgIpc) is 3.32. The molecule has 0 amide bonds. The van der Waals surface area contributed by atoms with Crippen molar-refractivity contribution in [3.05, 3.63) is 77.4 Å². The van der Waals surface area contributed by atoms with Gasteiger partial charge in [0.15, 0.2) is 0 Å². The molecule has 7 heteroatoms. The standard InChI is InChI=1S/C22H25FN6/c1-14(10-11-29-12-15(2)25-13-29)26-22-27-20-18(16-4-6-17(23)7-5-16)8-9-19(20)21(24-3)28-22/h4-7,12-13,18H,1,8-11H2,2-3H3,(H2,24,26,27,28)/t18-/m1/s1. The predicted molar refractivity (Wildman–Crippen MR) is 112 cm³/mol. The number of benzene rings is 1. The lowest BCUT2D eigenvalue weighted by Gasteiger charge is -2.15. The van der Waals surface area contributed by atoms with E-state index in [1.807, 2.05) is 43.2 Å². The molecule has 0 spiro atoms. The van der Waals surface area contributed by atoms with Gasteiger partial charge in [0.2, 0.25) is 5.95 Å². The molecule has 0 radical (unpaired) electrons. The van der Waals surface area contributed by atoms with Crippen LogP contribution in [-0.2, 0) is 13.0 Å². The van der Waals surface area contributed by atoms with E-state index in [1.54, 1.807) is 0 Å².